The molecule has 2 rings (SSSR count). The third kappa shape index (κ3) is 6.61. The van der Waals surface area contributed by atoms with Crippen molar-refractivity contribution >= 4 is 17.8 Å². The van der Waals surface area contributed by atoms with Crippen molar-refractivity contribution in [3.8, 4) is 11.5 Å². The van der Waals surface area contributed by atoms with Gasteiger partial charge in [0.15, 0.2) is 0 Å². The van der Waals surface area contributed by atoms with Crippen molar-refractivity contribution in [1.82, 2.24) is 10.6 Å². The molecule has 0 aromatic heterocycles. The second kappa shape index (κ2) is 11.4. The molecular formula is C20H25FN2O4S. The lowest BCUT2D eigenvalue weighted by molar-refractivity contribution is 0.169. The Labute approximate surface area is 168 Å². The van der Waals surface area contributed by atoms with Gasteiger partial charge in [0.1, 0.15) is 23.4 Å². The van der Waals surface area contributed by atoms with Gasteiger partial charge < -0.3 is 25.2 Å². The molecule has 152 valence electrons. The number of thioether (sulfide) groups is 1. The van der Waals surface area contributed by atoms with Crippen molar-refractivity contribution in [3.05, 3.63) is 59.4 Å². The fraction of sp³-hybridized carbons (Fsp3) is 0.350. The van der Waals surface area contributed by atoms with E-state index in [4.69, 9.17) is 9.47 Å². The third-order valence-corrected chi connectivity index (χ3v) is 5.01. The van der Waals surface area contributed by atoms with E-state index in [1.165, 1.54) is 32.0 Å². The molecule has 0 aliphatic rings. The van der Waals surface area contributed by atoms with Crippen LogP contribution in [0.5, 0.6) is 11.5 Å². The quantitative estimate of drug-likeness (QED) is 0.527. The second-order valence-electron chi connectivity index (χ2n) is 5.90. The van der Waals surface area contributed by atoms with Gasteiger partial charge >= 0.3 is 6.03 Å². The van der Waals surface area contributed by atoms with Crippen LogP contribution in [-0.2, 0) is 5.75 Å². The molecule has 0 fully saturated rings. The number of rotatable bonds is 10. The SMILES string of the molecule is COc1ccc(OC)c(C(O)CNC(=O)NCCSCc2ccccc2F)c1. The van der Waals surface area contributed by atoms with Gasteiger partial charge in [0.2, 0.25) is 0 Å². The van der Waals surface area contributed by atoms with E-state index < -0.39 is 6.10 Å². The van der Waals surface area contributed by atoms with Crippen LogP contribution in [0.25, 0.3) is 0 Å². The summed E-state index contributed by atoms with van der Waals surface area (Å²) in [6, 6.07) is 11.4. The fourth-order valence-corrected chi connectivity index (χ4v) is 3.34. The van der Waals surface area contributed by atoms with Crippen LogP contribution in [0.15, 0.2) is 42.5 Å². The number of methoxy groups -OCH3 is 2. The monoisotopic (exact) mass is 408 g/mol. The molecule has 0 saturated carbocycles. The Hall–Kier alpha value is -2.45. The summed E-state index contributed by atoms with van der Waals surface area (Å²) in [4.78, 5) is 11.9. The average molecular weight is 408 g/mol. The van der Waals surface area contributed by atoms with Crippen molar-refractivity contribution in [1.29, 1.82) is 0 Å². The van der Waals surface area contributed by atoms with Gasteiger partial charge in [0.05, 0.1) is 14.2 Å². The van der Waals surface area contributed by atoms with Gasteiger partial charge in [0.25, 0.3) is 0 Å². The number of amides is 2. The first-order valence-corrected chi connectivity index (χ1v) is 9.93. The fourth-order valence-electron chi connectivity index (χ4n) is 2.50. The van der Waals surface area contributed by atoms with Crippen molar-refractivity contribution in [2.45, 2.75) is 11.9 Å². The molecule has 0 aliphatic carbocycles. The van der Waals surface area contributed by atoms with Crippen molar-refractivity contribution in [2.75, 3.05) is 33.1 Å². The molecule has 0 heterocycles. The van der Waals surface area contributed by atoms with E-state index >= 15 is 0 Å². The average Bonchev–Trinajstić information content (AvgIpc) is 2.72. The molecule has 6 nitrogen and oxygen atoms in total. The number of urea groups is 1. The second-order valence-corrected chi connectivity index (χ2v) is 7.01. The van der Waals surface area contributed by atoms with Gasteiger partial charge in [0, 0.05) is 30.2 Å². The van der Waals surface area contributed by atoms with Crippen LogP contribution in [0.4, 0.5) is 9.18 Å². The van der Waals surface area contributed by atoms with Gasteiger partial charge in [-0.05, 0) is 29.8 Å². The summed E-state index contributed by atoms with van der Waals surface area (Å²) >= 11 is 1.53. The standard InChI is InChI=1S/C20H25FN2O4S/c1-26-15-7-8-19(27-2)16(11-15)18(24)12-23-20(25)22-9-10-28-13-14-5-3-4-6-17(14)21/h3-8,11,18,24H,9-10,12-13H2,1-2H3,(H2,22,23,25). The predicted molar refractivity (Wildman–Crippen MR) is 108 cm³/mol. The van der Waals surface area contributed by atoms with E-state index in [0.29, 0.717) is 40.7 Å². The molecule has 0 aliphatic heterocycles. The lowest BCUT2D eigenvalue weighted by Gasteiger charge is -2.16. The van der Waals surface area contributed by atoms with Crippen molar-refractivity contribution in [2.24, 2.45) is 0 Å². The van der Waals surface area contributed by atoms with Crippen LogP contribution in [-0.4, -0.2) is 44.2 Å². The van der Waals surface area contributed by atoms with Gasteiger partial charge in [-0.1, -0.05) is 18.2 Å². The normalized spacial score (nSPS) is 11.6. The van der Waals surface area contributed by atoms with E-state index in [9.17, 15) is 14.3 Å². The number of carbonyl (C=O) groups is 1. The molecule has 8 heteroatoms. The van der Waals surface area contributed by atoms with Gasteiger partial charge in [-0.15, -0.1) is 0 Å². The number of carbonyl (C=O) groups excluding carboxylic acids is 1. The first-order chi connectivity index (χ1) is 13.5. The first-order valence-electron chi connectivity index (χ1n) is 8.78. The van der Waals surface area contributed by atoms with Crippen LogP contribution in [0.3, 0.4) is 0 Å². The maximum absolute atomic E-state index is 13.5. The molecule has 0 bridgehead atoms. The van der Waals surface area contributed by atoms with E-state index in [1.807, 2.05) is 0 Å². The maximum Gasteiger partial charge on any atom is 0.314 e. The molecular weight excluding hydrogens is 383 g/mol. The first kappa shape index (κ1) is 21.8. The molecule has 2 aromatic carbocycles. The third-order valence-electron chi connectivity index (χ3n) is 4.00. The Morgan fingerprint density at radius 1 is 1.18 bits per heavy atom. The zero-order chi connectivity index (χ0) is 20.4. The zero-order valence-electron chi connectivity index (χ0n) is 15.9. The molecule has 2 aromatic rings. The lowest BCUT2D eigenvalue weighted by atomic mass is 10.1. The number of halogens is 1. The van der Waals surface area contributed by atoms with Crippen LogP contribution >= 0.6 is 11.8 Å². The highest BCUT2D eigenvalue weighted by atomic mass is 32.2. The highest BCUT2D eigenvalue weighted by Crippen LogP contribution is 2.29. The number of hydrogen-bond donors (Lipinski definition) is 3. The van der Waals surface area contributed by atoms with Crippen molar-refractivity contribution in [3.63, 3.8) is 0 Å². The molecule has 28 heavy (non-hydrogen) atoms. The summed E-state index contributed by atoms with van der Waals surface area (Å²) in [7, 11) is 3.05. The number of benzene rings is 2. The number of nitrogens with one attached hydrogen (secondary N) is 2. The predicted octanol–water partition coefficient (Wildman–Crippen LogP) is 3.11. The van der Waals surface area contributed by atoms with Gasteiger partial charge in [-0.2, -0.15) is 11.8 Å². The summed E-state index contributed by atoms with van der Waals surface area (Å²) < 4.78 is 23.9. The van der Waals surface area contributed by atoms with Crippen LogP contribution < -0.4 is 20.1 Å². The molecule has 0 spiro atoms. The molecule has 0 saturated heterocycles. The Morgan fingerprint density at radius 2 is 1.96 bits per heavy atom. The van der Waals surface area contributed by atoms with Gasteiger partial charge in [-0.3, -0.25) is 0 Å². The summed E-state index contributed by atoms with van der Waals surface area (Å²) in [6.07, 6.45) is -0.939. The molecule has 0 radical (unpaired) electrons. The number of hydrogen-bond acceptors (Lipinski definition) is 5. The summed E-state index contributed by atoms with van der Waals surface area (Å²) in [5, 5.41) is 15.7. The summed E-state index contributed by atoms with van der Waals surface area (Å²) in [5.74, 6) is 2.08. The minimum Gasteiger partial charge on any atom is -0.497 e. The Balaban J connectivity index is 1.70. The van der Waals surface area contributed by atoms with Crippen LogP contribution in [0.2, 0.25) is 0 Å². The maximum atomic E-state index is 13.5. The van der Waals surface area contributed by atoms with Crippen LogP contribution in [0, 0.1) is 5.82 Å². The Bertz CT molecular complexity index is 776. The highest BCUT2D eigenvalue weighted by Gasteiger charge is 2.15. The minimum atomic E-state index is -0.939. The minimum absolute atomic E-state index is 0.0255. The summed E-state index contributed by atoms with van der Waals surface area (Å²) in [5.41, 5.74) is 1.18. The van der Waals surface area contributed by atoms with E-state index in [1.54, 1.807) is 36.4 Å². The van der Waals surface area contributed by atoms with E-state index in [-0.39, 0.29) is 18.4 Å². The highest BCUT2D eigenvalue weighted by molar-refractivity contribution is 7.98. The van der Waals surface area contributed by atoms with E-state index in [2.05, 4.69) is 10.6 Å². The zero-order valence-corrected chi connectivity index (χ0v) is 16.7. The Kier molecular flexibility index (Phi) is 8.90. The van der Waals surface area contributed by atoms with E-state index in [0.717, 1.165) is 0 Å². The number of ether oxygens (including phenoxy) is 2. The van der Waals surface area contributed by atoms with Gasteiger partial charge in [-0.25, -0.2) is 9.18 Å². The molecule has 3 N–H and O–H groups in total. The lowest BCUT2D eigenvalue weighted by Crippen LogP contribution is -2.38. The smallest absolute Gasteiger partial charge is 0.314 e. The van der Waals surface area contributed by atoms with Crippen molar-refractivity contribution < 1.29 is 23.8 Å². The summed E-state index contributed by atoms with van der Waals surface area (Å²) in [6.45, 7) is 0.460. The van der Waals surface area contributed by atoms with Crippen LogP contribution in [0.1, 0.15) is 17.2 Å². The molecule has 1 atom stereocenters. The molecule has 1 unspecified atom stereocenters. The molecule has 2 amide bonds. The number of aliphatic hydroxyl groups excluding tert-OH is 1. The Morgan fingerprint density at radius 3 is 2.68 bits per heavy atom. The largest absolute Gasteiger partial charge is 0.497 e. The topological polar surface area (TPSA) is 79.8 Å². The number of aliphatic hydroxyl groups is 1.